The van der Waals surface area contributed by atoms with Crippen LogP contribution < -0.4 is 0 Å². The molecule has 104 valence electrons. The first-order valence-electron chi connectivity index (χ1n) is 7.94. The average Bonchev–Trinajstić information content (AvgIpc) is 2.67. The molecule has 3 aliphatic rings. The fraction of sp³-hybridized carbons (Fsp3) is 1.00. The predicted molar refractivity (Wildman–Crippen MR) is 72.1 cm³/mol. The van der Waals surface area contributed by atoms with Crippen molar-refractivity contribution in [3.63, 3.8) is 0 Å². The van der Waals surface area contributed by atoms with Crippen molar-refractivity contribution >= 4 is 0 Å². The van der Waals surface area contributed by atoms with Crippen LogP contribution in [0.15, 0.2) is 0 Å². The van der Waals surface area contributed by atoms with Crippen LogP contribution in [0.2, 0.25) is 0 Å². The standard InChI is InChI=1S/C16H28O2/c1-16-8-6-12-10-11(7-9-17)2-3-13(12)14(16)4-5-15(16)18/h11-15,17-18H,2-10H2,1H3/t11-,12-,13-,14+,15+,16+/m1/s1. The van der Waals surface area contributed by atoms with E-state index in [2.05, 4.69) is 6.92 Å². The summed E-state index contributed by atoms with van der Waals surface area (Å²) >= 11 is 0. The van der Waals surface area contributed by atoms with E-state index in [0.717, 1.165) is 36.5 Å². The zero-order valence-corrected chi connectivity index (χ0v) is 11.6. The molecule has 0 unspecified atom stereocenters. The summed E-state index contributed by atoms with van der Waals surface area (Å²) < 4.78 is 0. The molecule has 2 N–H and O–H groups in total. The molecule has 0 amide bonds. The van der Waals surface area contributed by atoms with Crippen molar-refractivity contribution < 1.29 is 10.2 Å². The lowest BCUT2D eigenvalue weighted by atomic mass is 9.55. The van der Waals surface area contributed by atoms with Gasteiger partial charge in [-0.15, -0.1) is 0 Å². The summed E-state index contributed by atoms with van der Waals surface area (Å²) in [5.74, 6) is 3.31. The van der Waals surface area contributed by atoms with Crippen molar-refractivity contribution in [1.29, 1.82) is 0 Å². The normalized spacial score (nSPS) is 51.8. The highest BCUT2D eigenvalue weighted by Gasteiger charge is 2.54. The Kier molecular flexibility index (Phi) is 3.44. The molecule has 3 saturated carbocycles. The van der Waals surface area contributed by atoms with E-state index >= 15 is 0 Å². The maximum absolute atomic E-state index is 10.3. The van der Waals surface area contributed by atoms with Crippen LogP contribution in [-0.4, -0.2) is 22.9 Å². The quantitative estimate of drug-likeness (QED) is 0.793. The summed E-state index contributed by atoms with van der Waals surface area (Å²) in [6.45, 7) is 2.70. The summed E-state index contributed by atoms with van der Waals surface area (Å²) in [4.78, 5) is 0. The van der Waals surface area contributed by atoms with E-state index in [1.807, 2.05) is 0 Å². The molecule has 0 spiro atoms. The molecule has 2 heteroatoms. The van der Waals surface area contributed by atoms with Gasteiger partial charge in [-0.2, -0.15) is 0 Å². The third kappa shape index (κ3) is 1.92. The van der Waals surface area contributed by atoms with E-state index in [9.17, 15) is 5.11 Å². The van der Waals surface area contributed by atoms with Crippen LogP contribution in [0.25, 0.3) is 0 Å². The lowest BCUT2D eigenvalue weighted by Gasteiger charge is -2.51. The minimum Gasteiger partial charge on any atom is -0.396 e. The second-order valence-corrected chi connectivity index (χ2v) is 7.36. The number of aliphatic hydroxyl groups is 2. The highest BCUT2D eigenvalue weighted by molar-refractivity contribution is 5.03. The summed E-state index contributed by atoms with van der Waals surface area (Å²) in [7, 11) is 0. The van der Waals surface area contributed by atoms with Crippen LogP contribution in [-0.2, 0) is 0 Å². The molecule has 0 bridgehead atoms. The summed E-state index contributed by atoms with van der Waals surface area (Å²) in [5, 5.41) is 19.4. The molecular formula is C16H28O2. The summed E-state index contributed by atoms with van der Waals surface area (Å²) in [5.41, 5.74) is 0.227. The predicted octanol–water partition coefficient (Wildman–Crippen LogP) is 2.97. The topological polar surface area (TPSA) is 40.5 Å². The summed E-state index contributed by atoms with van der Waals surface area (Å²) in [6, 6.07) is 0. The monoisotopic (exact) mass is 252 g/mol. The van der Waals surface area contributed by atoms with Gasteiger partial charge in [0.05, 0.1) is 6.10 Å². The first kappa shape index (κ1) is 12.9. The number of fused-ring (bicyclic) bond motifs is 3. The first-order valence-corrected chi connectivity index (χ1v) is 7.94. The lowest BCUT2D eigenvalue weighted by Crippen LogP contribution is -2.45. The number of hydrogen-bond acceptors (Lipinski definition) is 2. The Morgan fingerprint density at radius 1 is 1.11 bits per heavy atom. The van der Waals surface area contributed by atoms with Crippen molar-refractivity contribution in [1.82, 2.24) is 0 Å². The Bertz CT molecular complexity index is 303. The zero-order chi connectivity index (χ0) is 12.8. The Morgan fingerprint density at radius 2 is 1.94 bits per heavy atom. The van der Waals surface area contributed by atoms with Gasteiger partial charge in [0.25, 0.3) is 0 Å². The Balaban J connectivity index is 1.71. The maximum atomic E-state index is 10.3. The van der Waals surface area contributed by atoms with Crippen molar-refractivity contribution in [2.45, 2.75) is 64.4 Å². The van der Waals surface area contributed by atoms with E-state index in [-0.39, 0.29) is 11.5 Å². The Morgan fingerprint density at radius 3 is 2.72 bits per heavy atom. The molecule has 0 aliphatic heterocycles. The molecule has 0 aromatic heterocycles. The second-order valence-electron chi connectivity index (χ2n) is 7.36. The average molecular weight is 252 g/mol. The molecule has 2 nitrogen and oxygen atoms in total. The highest BCUT2D eigenvalue weighted by Crippen LogP contribution is 2.59. The number of rotatable bonds is 2. The van der Waals surface area contributed by atoms with Gasteiger partial charge in [-0.1, -0.05) is 13.3 Å². The molecule has 3 rings (SSSR count). The van der Waals surface area contributed by atoms with Crippen molar-refractivity contribution in [2.75, 3.05) is 6.61 Å². The van der Waals surface area contributed by atoms with E-state index in [1.54, 1.807) is 0 Å². The van der Waals surface area contributed by atoms with Crippen LogP contribution >= 0.6 is 0 Å². The fourth-order valence-electron chi connectivity index (χ4n) is 5.49. The van der Waals surface area contributed by atoms with Gasteiger partial charge >= 0.3 is 0 Å². The number of aliphatic hydroxyl groups excluding tert-OH is 2. The number of hydrogen-bond donors (Lipinski definition) is 2. The minimum absolute atomic E-state index is 0.0429. The van der Waals surface area contributed by atoms with Crippen molar-refractivity contribution in [3.05, 3.63) is 0 Å². The van der Waals surface area contributed by atoms with Gasteiger partial charge in [-0.3, -0.25) is 0 Å². The van der Waals surface area contributed by atoms with Crippen LogP contribution in [0.4, 0.5) is 0 Å². The fourth-order valence-corrected chi connectivity index (χ4v) is 5.49. The molecule has 3 fully saturated rings. The Labute approximate surface area is 111 Å². The Hall–Kier alpha value is -0.0800. The molecule has 0 aromatic rings. The van der Waals surface area contributed by atoms with Gasteiger partial charge in [-0.25, -0.2) is 0 Å². The van der Waals surface area contributed by atoms with Crippen LogP contribution in [0.3, 0.4) is 0 Å². The third-order valence-electron chi connectivity index (χ3n) is 6.62. The van der Waals surface area contributed by atoms with Gasteiger partial charge in [0.1, 0.15) is 0 Å². The van der Waals surface area contributed by atoms with Crippen molar-refractivity contribution in [2.24, 2.45) is 29.1 Å². The molecule has 6 atom stereocenters. The lowest BCUT2D eigenvalue weighted by molar-refractivity contribution is -0.0532. The van der Waals surface area contributed by atoms with E-state index in [1.165, 1.54) is 38.5 Å². The zero-order valence-electron chi connectivity index (χ0n) is 11.6. The minimum atomic E-state index is -0.0429. The van der Waals surface area contributed by atoms with Gasteiger partial charge in [0.2, 0.25) is 0 Å². The second kappa shape index (κ2) is 4.79. The molecule has 0 heterocycles. The van der Waals surface area contributed by atoms with Gasteiger partial charge in [0.15, 0.2) is 0 Å². The largest absolute Gasteiger partial charge is 0.396 e. The molecule has 0 radical (unpaired) electrons. The van der Waals surface area contributed by atoms with Gasteiger partial charge < -0.3 is 10.2 Å². The SMILES string of the molecule is C[C@]12CC[C@@H]3C[C@@H](CCO)CC[C@H]3[C@@H]1CC[C@@H]2O. The smallest absolute Gasteiger partial charge is 0.0596 e. The molecule has 3 aliphatic carbocycles. The maximum Gasteiger partial charge on any atom is 0.0596 e. The summed E-state index contributed by atoms with van der Waals surface area (Å²) in [6.07, 6.45) is 9.80. The molecule has 0 saturated heterocycles. The third-order valence-corrected chi connectivity index (χ3v) is 6.62. The molecular weight excluding hydrogens is 224 g/mol. The van der Waals surface area contributed by atoms with Crippen LogP contribution in [0.1, 0.15) is 58.3 Å². The van der Waals surface area contributed by atoms with E-state index in [0.29, 0.717) is 6.61 Å². The van der Waals surface area contributed by atoms with E-state index in [4.69, 9.17) is 5.11 Å². The van der Waals surface area contributed by atoms with Gasteiger partial charge in [-0.05, 0) is 74.0 Å². The van der Waals surface area contributed by atoms with Crippen molar-refractivity contribution in [3.8, 4) is 0 Å². The highest BCUT2D eigenvalue weighted by atomic mass is 16.3. The first-order chi connectivity index (χ1) is 8.65. The molecule has 0 aromatic carbocycles. The van der Waals surface area contributed by atoms with Crippen LogP contribution in [0, 0.1) is 29.1 Å². The van der Waals surface area contributed by atoms with E-state index < -0.39 is 0 Å². The van der Waals surface area contributed by atoms with Crippen LogP contribution in [0.5, 0.6) is 0 Å². The molecule has 18 heavy (non-hydrogen) atoms. The van der Waals surface area contributed by atoms with Gasteiger partial charge in [0, 0.05) is 6.61 Å².